The van der Waals surface area contributed by atoms with Crippen LogP contribution in [0.5, 0.6) is 0 Å². The van der Waals surface area contributed by atoms with Crippen LogP contribution < -0.4 is 5.69 Å². The van der Waals surface area contributed by atoms with Crippen LogP contribution in [0, 0.1) is 6.92 Å². The molecule has 0 N–H and O–H groups in total. The Bertz CT molecular complexity index is 1430. The van der Waals surface area contributed by atoms with Crippen molar-refractivity contribution in [3.05, 3.63) is 73.7 Å². The molecule has 35 heavy (non-hydrogen) atoms. The first-order chi connectivity index (χ1) is 16.8. The summed E-state index contributed by atoms with van der Waals surface area (Å²) in [5.41, 5.74) is 4.91. The topological polar surface area (TPSA) is 48.0 Å². The second-order valence-electron chi connectivity index (χ2n) is 9.32. The van der Waals surface area contributed by atoms with Gasteiger partial charge in [-0.05, 0) is 68.6 Å². The van der Waals surface area contributed by atoms with Crippen LogP contribution in [0.3, 0.4) is 0 Å². The largest absolute Gasteiger partial charge is 0.329 e. The zero-order valence-corrected chi connectivity index (χ0v) is 22.1. The minimum absolute atomic E-state index is 0.0348. The third-order valence-electron chi connectivity index (χ3n) is 6.97. The third-order valence-corrected chi connectivity index (χ3v) is 7.95. The molecule has 0 spiro atoms. The number of likely N-dealkylation sites (tertiary alicyclic amines) is 1. The highest BCUT2D eigenvalue weighted by Crippen LogP contribution is 2.30. The lowest BCUT2D eigenvalue weighted by Gasteiger charge is -2.32. The summed E-state index contributed by atoms with van der Waals surface area (Å²) in [5.74, 6) is 0. The summed E-state index contributed by atoms with van der Waals surface area (Å²) in [6, 6.07) is 11.5. The minimum Gasteiger partial charge on any atom is -0.303 e. The molecule has 0 unspecified atom stereocenters. The first kappa shape index (κ1) is 24.4. The van der Waals surface area contributed by atoms with Crippen LogP contribution in [0.2, 0.25) is 15.1 Å². The molecule has 9 heteroatoms. The average molecular weight is 533 g/mol. The van der Waals surface area contributed by atoms with Crippen molar-refractivity contribution in [1.29, 1.82) is 0 Å². The molecule has 0 aliphatic carbocycles. The van der Waals surface area contributed by atoms with Crippen LogP contribution in [0.1, 0.15) is 30.9 Å². The standard InChI is InChI=1S/C26H28Cl3N5O/c1-17-16-33(30-25(17)18-4-6-21(28)22(29)14-18)11-3-10-32-12-8-20(9-13-32)34-24-15-19(27)5-7-23(24)31(2)26(34)35/h4-7,14-16,20H,3,8-13H2,1-2H3. The van der Waals surface area contributed by atoms with Gasteiger partial charge in [-0.15, -0.1) is 0 Å². The van der Waals surface area contributed by atoms with Gasteiger partial charge in [0.15, 0.2) is 0 Å². The van der Waals surface area contributed by atoms with E-state index in [9.17, 15) is 4.79 Å². The van der Waals surface area contributed by atoms with Gasteiger partial charge in [-0.1, -0.05) is 40.9 Å². The van der Waals surface area contributed by atoms with Crippen molar-refractivity contribution in [1.82, 2.24) is 23.8 Å². The van der Waals surface area contributed by atoms with Crippen molar-refractivity contribution in [2.24, 2.45) is 7.05 Å². The van der Waals surface area contributed by atoms with Crippen LogP contribution >= 0.6 is 34.8 Å². The molecule has 184 valence electrons. The molecule has 0 saturated carbocycles. The average Bonchev–Trinajstić information content (AvgIpc) is 3.32. The van der Waals surface area contributed by atoms with Crippen molar-refractivity contribution in [3.8, 4) is 11.3 Å². The monoisotopic (exact) mass is 531 g/mol. The van der Waals surface area contributed by atoms with Crippen LogP contribution in [0.25, 0.3) is 22.3 Å². The Kier molecular flexibility index (Phi) is 6.99. The quantitative estimate of drug-likeness (QED) is 0.297. The smallest absolute Gasteiger partial charge is 0.303 e. The molecule has 0 bridgehead atoms. The van der Waals surface area contributed by atoms with Gasteiger partial charge >= 0.3 is 5.69 Å². The Hall–Kier alpha value is -2.25. The highest BCUT2D eigenvalue weighted by molar-refractivity contribution is 6.42. The van der Waals surface area contributed by atoms with Crippen molar-refractivity contribution in [2.45, 2.75) is 38.8 Å². The molecule has 0 atom stereocenters. The van der Waals surface area contributed by atoms with Gasteiger partial charge in [0.1, 0.15) is 0 Å². The Morgan fingerprint density at radius 3 is 2.49 bits per heavy atom. The molecule has 2 aromatic heterocycles. The second-order valence-corrected chi connectivity index (χ2v) is 10.6. The fourth-order valence-electron chi connectivity index (χ4n) is 5.12. The molecule has 2 aromatic carbocycles. The summed E-state index contributed by atoms with van der Waals surface area (Å²) in [7, 11) is 1.83. The van der Waals surface area contributed by atoms with Gasteiger partial charge < -0.3 is 4.90 Å². The molecule has 1 aliphatic heterocycles. The Morgan fingerprint density at radius 1 is 0.971 bits per heavy atom. The van der Waals surface area contributed by atoms with E-state index < -0.39 is 0 Å². The lowest BCUT2D eigenvalue weighted by molar-refractivity contribution is 0.182. The van der Waals surface area contributed by atoms with Crippen molar-refractivity contribution in [2.75, 3.05) is 19.6 Å². The van der Waals surface area contributed by atoms with Crippen molar-refractivity contribution in [3.63, 3.8) is 0 Å². The highest BCUT2D eigenvalue weighted by atomic mass is 35.5. The summed E-state index contributed by atoms with van der Waals surface area (Å²) in [4.78, 5) is 15.4. The number of piperidine rings is 1. The van der Waals surface area contributed by atoms with Gasteiger partial charge in [0.2, 0.25) is 0 Å². The first-order valence-electron chi connectivity index (χ1n) is 11.9. The number of rotatable bonds is 6. The molecule has 1 saturated heterocycles. The molecule has 4 aromatic rings. The summed E-state index contributed by atoms with van der Waals surface area (Å²) in [6.07, 6.45) is 5.00. The number of halogens is 3. The minimum atomic E-state index is 0.0348. The van der Waals surface area contributed by atoms with Gasteiger partial charge in [0.25, 0.3) is 0 Å². The van der Waals surface area contributed by atoms with E-state index >= 15 is 0 Å². The van der Waals surface area contributed by atoms with Crippen molar-refractivity contribution < 1.29 is 0 Å². The molecular weight excluding hydrogens is 505 g/mol. The number of imidazole rings is 1. The summed E-state index contributed by atoms with van der Waals surface area (Å²) in [6.45, 7) is 5.86. The van der Waals surface area contributed by atoms with Gasteiger partial charge in [0.05, 0.1) is 26.8 Å². The van der Waals surface area contributed by atoms with Crippen LogP contribution in [0.4, 0.5) is 0 Å². The van der Waals surface area contributed by atoms with E-state index in [1.165, 1.54) is 0 Å². The van der Waals surface area contributed by atoms with E-state index in [-0.39, 0.29) is 11.7 Å². The molecular formula is C26H28Cl3N5O. The van der Waals surface area contributed by atoms with Gasteiger partial charge in [0, 0.05) is 49.5 Å². The summed E-state index contributed by atoms with van der Waals surface area (Å²) >= 11 is 18.5. The molecule has 5 rings (SSSR count). The SMILES string of the molecule is Cc1cn(CCCN2CCC(n3c(=O)n(C)c4ccc(Cl)cc43)CC2)nc1-c1ccc(Cl)c(Cl)c1. The molecule has 3 heterocycles. The van der Waals surface area contributed by atoms with Crippen LogP contribution in [-0.2, 0) is 13.6 Å². The molecule has 6 nitrogen and oxygen atoms in total. The zero-order chi connectivity index (χ0) is 24.7. The van der Waals surface area contributed by atoms with Gasteiger partial charge in [-0.3, -0.25) is 13.8 Å². The lowest BCUT2D eigenvalue weighted by Crippen LogP contribution is -2.38. The first-order valence-corrected chi connectivity index (χ1v) is 13.0. The van der Waals surface area contributed by atoms with E-state index in [0.29, 0.717) is 15.1 Å². The lowest BCUT2D eigenvalue weighted by atomic mass is 10.0. The molecule has 1 fully saturated rings. The maximum absolute atomic E-state index is 12.9. The fourth-order valence-corrected chi connectivity index (χ4v) is 5.58. The molecule has 0 amide bonds. The maximum Gasteiger partial charge on any atom is 0.329 e. The number of hydrogen-bond acceptors (Lipinski definition) is 3. The van der Waals surface area contributed by atoms with E-state index in [4.69, 9.17) is 39.9 Å². The second kappa shape index (κ2) is 10.0. The maximum atomic E-state index is 12.9. The van der Waals surface area contributed by atoms with E-state index in [1.807, 2.05) is 52.7 Å². The number of aryl methyl sites for hydroxylation is 3. The predicted octanol–water partition coefficient (Wildman–Crippen LogP) is 6.20. The van der Waals surface area contributed by atoms with E-state index in [1.54, 1.807) is 4.57 Å². The Labute approximate surface area is 219 Å². The number of hydrogen-bond donors (Lipinski definition) is 0. The highest BCUT2D eigenvalue weighted by Gasteiger charge is 2.24. The van der Waals surface area contributed by atoms with Gasteiger partial charge in [-0.25, -0.2) is 4.79 Å². The summed E-state index contributed by atoms with van der Waals surface area (Å²) in [5, 5.41) is 6.52. The number of fused-ring (bicyclic) bond motifs is 1. The normalized spacial score (nSPS) is 15.3. The van der Waals surface area contributed by atoms with Crippen molar-refractivity contribution >= 4 is 45.8 Å². The van der Waals surface area contributed by atoms with Crippen LogP contribution in [-0.4, -0.2) is 43.4 Å². The molecule has 0 radical (unpaired) electrons. The van der Waals surface area contributed by atoms with E-state index in [0.717, 1.165) is 73.3 Å². The Morgan fingerprint density at radius 2 is 1.74 bits per heavy atom. The third kappa shape index (κ3) is 4.90. The number of benzene rings is 2. The molecule has 1 aliphatic rings. The Balaban J connectivity index is 1.18. The van der Waals surface area contributed by atoms with Crippen LogP contribution in [0.15, 0.2) is 47.4 Å². The predicted molar refractivity (Wildman–Crippen MR) is 144 cm³/mol. The zero-order valence-electron chi connectivity index (χ0n) is 19.8. The number of aromatic nitrogens is 4. The fraction of sp³-hybridized carbons (Fsp3) is 0.385. The number of nitrogens with zero attached hydrogens (tertiary/aromatic N) is 5. The summed E-state index contributed by atoms with van der Waals surface area (Å²) < 4.78 is 5.67. The van der Waals surface area contributed by atoms with E-state index in [2.05, 4.69) is 18.0 Å². The van der Waals surface area contributed by atoms with Gasteiger partial charge in [-0.2, -0.15) is 5.10 Å².